The van der Waals surface area contributed by atoms with Crippen LogP contribution in [0.2, 0.25) is 0 Å². The molecular weight excluding hydrogens is 360 g/mol. The smallest absolute Gasteiger partial charge is 0.241 e. The molecule has 0 spiro atoms. The molecule has 3 N–H and O–H groups in total. The maximum absolute atomic E-state index is 12.4. The summed E-state index contributed by atoms with van der Waals surface area (Å²) in [6.07, 6.45) is 1.08. The number of hydrogen-bond acceptors (Lipinski definition) is 4. The zero-order chi connectivity index (χ0) is 14.8. The second-order valence-electron chi connectivity index (χ2n) is 5.01. The average molecular weight is 379 g/mol. The van der Waals surface area contributed by atoms with E-state index in [1.807, 2.05) is 24.8 Å². The van der Waals surface area contributed by atoms with Crippen LogP contribution in [0.4, 0.5) is 0 Å². The van der Waals surface area contributed by atoms with Crippen LogP contribution in [0, 0.1) is 12.8 Å². The Balaban J connectivity index is 2.21. The predicted octanol–water partition coefficient (Wildman–Crippen LogP) is 2.25. The quantitative estimate of drug-likeness (QED) is 0.823. The van der Waals surface area contributed by atoms with Crippen LogP contribution in [-0.4, -0.2) is 26.5 Å². The molecule has 0 radical (unpaired) electrons. The molecule has 112 valence electrons. The van der Waals surface area contributed by atoms with Crippen molar-refractivity contribution in [3.05, 3.63) is 27.7 Å². The molecular formula is C13H19BrN2O2S2. The number of hydrogen-bond donors (Lipinski definition) is 2. The molecule has 0 aliphatic carbocycles. The van der Waals surface area contributed by atoms with E-state index in [1.54, 1.807) is 6.07 Å². The van der Waals surface area contributed by atoms with E-state index in [0.717, 1.165) is 29.1 Å². The fourth-order valence-corrected chi connectivity index (χ4v) is 5.64. The molecule has 0 bridgehead atoms. The average Bonchev–Trinajstić information content (AvgIpc) is 2.92. The number of nitrogens with one attached hydrogen (secondary N) is 1. The first-order valence-corrected chi connectivity index (χ1v) is 9.93. The standard InChI is InChI=1S/C13H19BrN2O2S2/c1-9-4-11(6-15)5-12(13(9)14)20(17,18)16-7-10-2-3-19-8-10/h4-5,10,16H,2-3,6-8,15H2,1H3. The zero-order valence-electron chi connectivity index (χ0n) is 11.4. The summed E-state index contributed by atoms with van der Waals surface area (Å²) < 4.78 is 28.2. The molecule has 0 saturated carbocycles. The van der Waals surface area contributed by atoms with Gasteiger partial charge in [0.2, 0.25) is 10.0 Å². The summed E-state index contributed by atoms with van der Waals surface area (Å²) in [5.74, 6) is 2.59. The van der Waals surface area contributed by atoms with Crippen LogP contribution in [0.3, 0.4) is 0 Å². The number of nitrogens with two attached hydrogens (primary N) is 1. The van der Waals surface area contributed by atoms with E-state index in [0.29, 0.717) is 23.5 Å². The third-order valence-corrected chi connectivity index (χ3v) is 7.39. The molecule has 2 rings (SSSR count). The van der Waals surface area contributed by atoms with Crippen LogP contribution < -0.4 is 10.5 Å². The highest BCUT2D eigenvalue weighted by Gasteiger charge is 2.22. The first kappa shape index (κ1) is 16.3. The second kappa shape index (κ2) is 6.79. The van der Waals surface area contributed by atoms with Crippen molar-refractivity contribution in [1.29, 1.82) is 0 Å². The van der Waals surface area contributed by atoms with Crippen molar-refractivity contribution in [3.8, 4) is 0 Å². The Labute approximate surface area is 133 Å². The van der Waals surface area contributed by atoms with E-state index < -0.39 is 10.0 Å². The highest BCUT2D eigenvalue weighted by molar-refractivity contribution is 9.10. The first-order chi connectivity index (χ1) is 9.44. The van der Waals surface area contributed by atoms with Crippen molar-refractivity contribution in [2.24, 2.45) is 11.7 Å². The van der Waals surface area contributed by atoms with E-state index in [1.165, 1.54) is 0 Å². The summed E-state index contributed by atoms with van der Waals surface area (Å²) in [6.45, 7) is 2.71. The van der Waals surface area contributed by atoms with Crippen LogP contribution in [0.1, 0.15) is 17.5 Å². The number of halogens is 1. The summed E-state index contributed by atoms with van der Waals surface area (Å²) in [4.78, 5) is 0.281. The summed E-state index contributed by atoms with van der Waals surface area (Å²) in [5.41, 5.74) is 7.32. The van der Waals surface area contributed by atoms with Gasteiger partial charge in [-0.3, -0.25) is 0 Å². The summed E-state index contributed by atoms with van der Waals surface area (Å²) in [6, 6.07) is 3.54. The molecule has 1 aliphatic rings. The highest BCUT2D eigenvalue weighted by Crippen LogP contribution is 2.28. The Morgan fingerprint density at radius 3 is 2.85 bits per heavy atom. The van der Waals surface area contributed by atoms with Crippen molar-refractivity contribution >= 4 is 37.7 Å². The van der Waals surface area contributed by atoms with E-state index in [4.69, 9.17) is 5.73 Å². The minimum Gasteiger partial charge on any atom is -0.326 e. The van der Waals surface area contributed by atoms with Crippen LogP contribution in [0.5, 0.6) is 0 Å². The van der Waals surface area contributed by atoms with E-state index in [2.05, 4.69) is 20.7 Å². The topological polar surface area (TPSA) is 72.2 Å². The molecule has 1 atom stereocenters. The van der Waals surface area contributed by atoms with Gasteiger partial charge in [0, 0.05) is 17.6 Å². The van der Waals surface area contributed by atoms with E-state index in [9.17, 15) is 8.42 Å². The van der Waals surface area contributed by atoms with Crippen molar-refractivity contribution in [1.82, 2.24) is 4.72 Å². The van der Waals surface area contributed by atoms with Gasteiger partial charge >= 0.3 is 0 Å². The molecule has 1 aromatic carbocycles. The Kier molecular flexibility index (Phi) is 5.53. The van der Waals surface area contributed by atoms with Gasteiger partial charge in [-0.2, -0.15) is 11.8 Å². The normalized spacial score (nSPS) is 19.4. The zero-order valence-corrected chi connectivity index (χ0v) is 14.6. The lowest BCUT2D eigenvalue weighted by molar-refractivity contribution is 0.545. The van der Waals surface area contributed by atoms with Crippen LogP contribution >= 0.6 is 27.7 Å². The molecule has 1 saturated heterocycles. The van der Waals surface area contributed by atoms with Crippen LogP contribution in [0.25, 0.3) is 0 Å². The van der Waals surface area contributed by atoms with Gasteiger partial charge in [-0.1, -0.05) is 6.07 Å². The van der Waals surface area contributed by atoms with E-state index >= 15 is 0 Å². The maximum Gasteiger partial charge on any atom is 0.241 e. The Morgan fingerprint density at radius 1 is 1.50 bits per heavy atom. The van der Waals surface area contributed by atoms with Crippen LogP contribution in [0.15, 0.2) is 21.5 Å². The van der Waals surface area contributed by atoms with Gasteiger partial charge in [-0.25, -0.2) is 13.1 Å². The molecule has 4 nitrogen and oxygen atoms in total. The third kappa shape index (κ3) is 3.76. The number of benzene rings is 1. The Hall–Kier alpha value is -0.0800. The van der Waals surface area contributed by atoms with Gasteiger partial charge in [0.15, 0.2) is 0 Å². The molecule has 1 heterocycles. The number of rotatable bonds is 5. The van der Waals surface area contributed by atoms with Gasteiger partial charge < -0.3 is 5.73 Å². The lowest BCUT2D eigenvalue weighted by Crippen LogP contribution is -2.30. The SMILES string of the molecule is Cc1cc(CN)cc(S(=O)(=O)NCC2CCSC2)c1Br. The maximum atomic E-state index is 12.4. The van der Waals surface area contributed by atoms with Gasteiger partial charge in [0.1, 0.15) is 0 Å². The minimum atomic E-state index is -3.50. The fourth-order valence-electron chi connectivity index (χ4n) is 2.17. The highest BCUT2D eigenvalue weighted by atomic mass is 79.9. The van der Waals surface area contributed by atoms with Gasteiger partial charge in [-0.15, -0.1) is 0 Å². The molecule has 1 unspecified atom stereocenters. The summed E-state index contributed by atoms with van der Waals surface area (Å²) in [5, 5.41) is 0. The Bertz CT molecular complexity index is 584. The molecule has 1 fully saturated rings. The summed E-state index contributed by atoms with van der Waals surface area (Å²) in [7, 11) is -3.50. The molecule has 1 aromatic rings. The van der Waals surface area contributed by atoms with Gasteiger partial charge in [-0.05, 0) is 63.9 Å². The lowest BCUT2D eigenvalue weighted by Gasteiger charge is -2.14. The van der Waals surface area contributed by atoms with Crippen molar-refractivity contribution in [3.63, 3.8) is 0 Å². The second-order valence-corrected chi connectivity index (χ2v) is 8.69. The third-order valence-electron chi connectivity index (χ3n) is 3.39. The molecule has 0 aromatic heterocycles. The minimum absolute atomic E-state index is 0.281. The van der Waals surface area contributed by atoms with Crippen molar-refractivity contribution < 1.29 is 8.42 Å². The lowest BCUT2D eigenvalue weighted by atomic mass is 10.1. The fraction of sp³-hybridized carbons (Fsp3) is 0.538. The number of aryl methyl sites for hydroxylation is 1. The number of thioether (sulfide) groups is 1. The molecule has 7 heteroatoms. The largest absolute Gasteiger partial charge is 0.326 e. The van der Waals surface area contributed by atoms with Crippen molar-refractivity contribution in [2.45, 2.75) is 24.8 Å². The molecule has 20 heavy (non-hydrogen) atoms. The van der Waals surface area contributed by atoms with Gasteiger partial charge in [0.05, 0.1) is 4.90 Å². The number of sulfonamides is 1. The van der Waals surface area contributed by atoms with Crippen molar-refractivity contribution in [2.75, 3.05) is 18.1 Å². The Morgan fingerprint density at radius 2 is 2.25 bits per heavy atom. The van der Waals surface area contributed by atoms with E-state index in [-0.39, 0.29) is 4.90 Å². The predicted molar refractivity (Wildman–Crippen MR) is 87.4 cm³/mol. The molecule has 1 aliphatic heterocycles. The molecule has 0 amide bonds. The first-order valence-electron chi connectivity index (χ1n) is 6.50. The monoisotopic (exact) mass is 378 g/mol. The van der Waals surface area contributed by atoms with Crippen LogP contribution in [-0.2, 0) is 16.6 Å². The summed E-state index contributed by atoms with van der Waals surface area (Å²) >= 11 is 5.25. The van der Waals surface area contributed by atoms with Gasteiger partial charge in [0.25, 0.3) is 0 Å².